The van der Waals surface area contributed by atoms with Crippen LogP contribution in [0.1, 0.15) is 26.7 Å². The summed E-state index contributed by atoms with van der Waals surface area (Å²) in [5.41, 5.74) is 0.713. The maximum absolute atomic E-state index is 11.8. The fourth-order valence-electron chi connectivity index (χ4n) is 2.27. The van der Waals surface area contributed by atoms with Crippen molar-refractivity contribution in [3.63, 3.8) is 0 Å². The van der Waals surface area contributed by atoms with Crippen molar-refractivity contribution < 1.29 is 14.3 Å². The van der Waals surface area contributed by atoms with Crippen LogP contribution in [-0.2, 0) is 14.3 Å². The van der Waals surface area contributed by atoms with Gasteiger partial charge in [0.1, 0.15) is 20.2 Å². The van der Waals surface area contributed by atoms with Gasteiger partial charge in [-0.2, -0.15) is 0 Å². The first-order valence-corrected chi connectivity index (χ1v) is 8.32. The van der Waals surface area contributed by atoms with Crippen molar-refractivity contribution in [2.45, 2.75) is 35.4 Å². The molecule has 0 unspecified atom stereocenters. The normalized spacial score (nSPS) is 22.3. The maximum atomic E-state index is 11.8. The monoisotopic (exact) mass is 394 g/mol. The zero-order valence-electron chi connectivity index (χ0n) is 12.5. The fourth-order valence-corrected chi connectivity index (χ4v) is 3.05. The molecule has 0 bridgehead atoms. The van der Waals surface area contributed by atoms with E-state index in [-0.39, 0.29) is 24.4 Å². The van der Waals surface area contributed by atoms with Crippen LogP contribution in [0, 0.1) is 0 Å². The van der Waals surface area contributed by atoms with Crippen LogP contribution in [-0.4, -0.2) is 20.2 Å². The minimum Gasteiger partial charge on any atom is -0.457 e. The van der Waals surface area contributed by atoms with Crippen LogP contribution in [0.25, 0.3) is 0 Å². The Balaban J connectivity index is 2.40. The van der Waals surface area contributed by atoms with Crippen LogP contribution in [0.4, 0.5) is 0 Å². The summed E-state index contributed by atoms with van der Waals surface area (Å²) >= 11 is 24.2. The Morgan fingerprint density at radius 2 is 1.22 bits per heavy atom. The second kappa shape index (κ2) is 6.64. The lowest BCUT2D eigenvalue weighted by molar-refractivity contribution is -0.114. The molecule has 0 radical (unpaired) electrons. The van der Waals surface area contributed by atoms with E-state index in [4.69, 9.17) is 51.1 Å². The molecule has 0 aromatic rings. The van der Waals surface area contributed by atoms with Gasteiger partial charge in [-0.1, -0.05) is 46.4 Å². The highest BCUT2D eigenvalue weighted by Gasteiger charge is 2.33. The predicted molar refractivity (Wildman–Crippen MR) is 92.9 cm³/mol. The highest BCUT2D eigenvalue weighted by molar-refractivity contribution is 6.50. The van der Waals surface area contributed by atoms with Gasteiger partial charge in [-0.05, 0) is 38.2 Å². The first-order chi connectivity index (χ1) is 10.5. The molecule has 0 saturated carbocycles. The van der Waals surface area contributed by atoms with Crippen molar-refractivity contribution >= 4 is 58.0 Å². The van der Waals surface area contributed by atoms with E-state index in [9.17, 15) is 9.59 Å². The Kier molecular flexibility index (Phi) is 5.37. The number of Topliss-reactive ketones (excluding diaryl/α,β-unsaturated/α-hetero) is 2. The third kappa shape index (κ3) is 4.63. The topological polar surface area (TPSA) is 43.4 Å². The van der Waals surface area contributed by atoms with E-state index >= 15 is 0 Å². The molecule has 0 aromatic carbocycles. The predicted octanol–water partition coefficient (Wildman–Crippen LogP) is 4.96. The van der Waals surface area contributed by atoms with Gasteiger partial charge >= 0.3 is 0 Å². The maximum Gasteiger partial charge on any atom is 0.159 e. The number of hydrogen-bond acceptors (Lipinski definition) is 3. The molecule has 3 nitrogen and oxygen atoms in total. The van der Waals surface area contributed by atoms with Crippen LogP contribution in [0.15, 0.2) is 47.0 Å². The minimum atomic E-state index is -1.16. The fraction of sp³-hybridized carbons (Fsp3) is 0.375. The number of carbonyl (C=O) groups is 2. The molecule has 0 aromatic heterocycles. The second-order valence-electron chi connectivity index (χ2n) is 5.44. The van der Waals surface area contributed by atoms with Crippen LogP contribution in [0.2, 0.25) is 0 Å². The smallest absolute Gasteiger partial charge is 0.159 e. The van der Waals surface area contributed by atoms with Gasteiger partial charge < -0.3 is 4.74 Å². The molecule has 2 rings (SSSR count). The van der Waals surface area contributed by atoms with Gasteiger partial charge in [0.05, 0.1) is 0 Å². The largest absolute Gasteiger partial charge is 0.457 e. The molecule has 2 aliphatic carbocycles. The number of hydrogen-bond donors (Lipinski definition) is 0. The van der Waals surface area contributed by atoms with E-state index in [2.05, 4.69) is 0 Å². The standard InChI is InChI=1S/C16H14Cl4O3/c1-9(21)11-7-15(17,18)5-3-13(11)23-14-4-6-16(19,20)8-12(14)10(2)22/h3-6H,7-8H2,1-2H3. The quantitative estimate of drug-likeness (QED) is 0.632. The van der Waals surface area contributed by atoms with Gasteiger partial charge in [0.15, 0.2) is 11.6 Å². The molecular formula is C16H14Cl4O3. The summed E-state index contributed by atoms with van der Waals surface area (Å²) in [6.45, 7) is 2.81. The Hall–Kier alpha value is -0.740. The van der Waals surface area contributed by atoms with Gasteiger partial charge in [0.25, 0.3) is 0 Å². The Bertz CT molecular complexity index is 623. The van der Waals surface area contributed by atoms with E-state index < -0.39 is 8.67 Å². The van der Waals surface area contributed by atoms with Crippen LogP contribution in [0.3, 0.4) is 0 Å². The third-order valence-corrected chi connectivity index (χ3v) is 4.49. The number of halogens is 4. The van der Waals surface area contributed by atoms with E-state index in [0.717, 1.165) is 0 Å². The van der Waals surface area contributed by atoms with Gasteiger partial charge in [-0.15, -0.1) is 0 Å². The average Bonchev–Trinajstić information content (AvgIpc) is 2.41. The summed E-state index contributed by atoms with van der Waals surface area (Å²) in [6.07, 6.45) is 6.37. The summed E-state index contributed by atoms with van der Waals surface area (Å²) in [7, 11) is 0. The lowest BCUT2D eigenvalue weighted by atomic mass is 9.98. The SMILES string of the molecule is CC(=O)C1=C(OC2=C(C(C)=O)CC(Cl)(Cl)C=C2)C=CC(Cl)(Cl)C1. The molecule has 23 heavy (non-hydrogen) atoms. The average molecular weight is 396 g/mol. The number of ether oxygens (including phenoxy) is 1. The van der Waals surface area contributed by atoms with Crippen molar-refractivity contribution in [2.75, 3.05) is 0 Å². The first kappa shape index (κ1) is 18.6. The molecule has 0 saturated heterocycles. The Morgan fingerprint density at radius 1 is 0.870 bits per heavy atom. The molecule has 0 spiro atoms. The zero-order chi connectivity index (χ0) is 17.4. The molecule has 7 heteroatoms. The lowest BCUT2D eigenvalue weighted by Crippen LogP contribution is -2.22. The number of ketones is 2. The molecule has 124 valence electrons. The molecule has 0 heterocycles. The molecule has 2 aliphatic rings. The van der Waals surface area contributed by atoms with Crippen molar-refractivity contribution in [1.29, 1.82) is 0 Å². The van der Waals surface area contributed by atoms with Crippen molar-refractivity contribution in [3.05, 3.63) is 47.0 Å². The summed E-state index contributed by atoms with van der Waals surface area (Å²) in [5.74, 6) is 0.210. The molecule has 0 atom stereocenters. The lowest BCUT2D eigenvalue weighted by Gasteiger charge is -2.26. The van der Waals surface area contributed by atoms with E-state index in [1.807, 2.05) is 0 Å². The highest BCUT2D eigenvalue weighted by atomic mass is 35.5. The number of alkyl halides is 4. The number of carbonyl (C=O) groups excluding carboxylic acids is 2. The molecule has 0 N–H and O–H groups in total. The van der Waals surface area contributed by atoms with Gasteiger partial charge in [-0.25, -0.2) is 0 Å². The zero-order valence-corrected chi connectivity index (χ0v) is 15.5. The van der Waals surface area contributed by atoms with Crippen molar-refractivity contribution in [2.24, 2.45) is 0 Å². The van der Waals surface area contributed by atoms with Crippen LogP contribution in [0.5, 0.6) is 0 Å². The molecule has 0 amide bonds. The second-order valence-corrected chi connectivity index (χ2v) is 8.53. The van der Waals surface area contributed by atoms with E-state index in [0.29, 0.717) is 22.7 Å². The van der Waals surface area contributed by atoms with Gasteiger partial charge in [0, 0.05) is 24.0 Å². The van der Waals surface area contributed by atoms with Gasteiger partial charge in [0.2, 0.25) is 0 Å². The molecule has 0 aliphatic heterocycles. The van der Waals surface area contributed by atoms with Crippen LogP contribution < -0.4 is 0 Å². The van der Waals surface area contributed by atoms with Crippen molar-refractivity contribution in [3.8, 4) is 0 Å². The molecule has 0 fully saturated rings. The first-order valence-electron chi connectivity index (χ1n) is 6.81. The van der Waals surface area contributed by atoms with Gasteiger partial charge in [-0.3, -0.25) is 9.59 Å². The number of allylic oxidation sites excluding steroid dienone is 6. The van der Waals surface area contributed by atoms with E-state index in [1.54, 1.807) is 0 Å². The number of rotatable bonds is 4. The van der Waals surface area contributed by atoms with Crippen molar-refractivity contribution in [1.82, 2.24) is 0 Å². The third-order valence-electron chi connectivity index (χ3n) is 3.45. The minimum absolute atomic E-state index is 0.124. The molecular weight excluding hydrogens is 382 g/mol. The summed E-state index contributed by atoms with van der Waals surface area (Å²) in [4.78, 5) is 23.6. The highest BCUT2D eigenvalue weighted by Crippen LogP contribution is 2.40. The summed E-state index contributed by atoms with van der Waals surface area (Å²) in [5, 5.41) is 0. The Morgan fingerprint density at radius 3 is 1.52 bits per heavy atom. The summed E-state index contributed by atoms with van der Waals surface area (Å²) < 4.78 is 3.46. The Labute approximate surface area is 154 Å². The van der Waals surface area contributed by atoms with Crippen LogP contribution >= 0.6 is 46.4 Å². The summed E-state index contributed by atoms with van der Waals surface area (Å²) in [6, 6.07) is 0. The van der Waals surface area contributed by atoms with E-state index in [1.165, 1.54) is 38.2 Å².